The van der Waals surface area contributed by atoms with Crippen LogP contribution >= 0.6 is 22.7 Å². The average Bonchev–Trinajstić information content (AvgIpc) is 2.94. The van der Waals surface area contributed by atoms with E-state index >= 15 is 0 Å². The maximum atomic E-state index is 8.49. The highest BCUT2D eigenvalue weighted by molar-refractivity contribution is 7.39. The molecule has 3 aromatic rings. The van der Waals surface area contributed by atoms with Crippen LogP contribution in [0, 0.1) is 17.2 Å². The van der Waals surface area contributed by atoms with E-state index in [2.05, 4.69) is 49.4 Å². The number of aryl methyl sites for hydroxylation is 1. The van der Waals surface area contributed by atoms with Gasteiger partial charge in [-0.1, -0.05) is 18.2 Å². The maximum Gasteiger partial charge on any atom is 0.279 e. The molecule has 0 spiro atoms. The third-order valence-electron chi connectivity index (χ3n) is 3.05. The average molecular weight is 399 g/mol. The summed E-state index contributed by atoms with van der Waals surface area (Å²) in [7, 11) is -3.26. The topological polar surface area (TPSA) is 101 Å². The molecule has 1 aromatic heterocycles. The number of benzene rings is 2. The van der Waals surface area contributed by atoms with Gasteiger partial charge in [0, 0.05) is 6.08 Å². The van der Waals surface area contributed by atoms with E-state index in [0.29, 0.717) is 0 Å². The summed E-state index contributed by atoms with van der Waals surface area (Å²) in [6.45, 7) is 2.14. The quantitative estimate of drug-likeness (QED) is 0.612. The molecule has 0 amide bonds. The van der Waals surface area contributed by atoms with Crippen molar-refractivity contribution in [2.45, 2.75) is 6.92 Å². The predicted molar refractivity (Wildman–Crippen MR) is 90.8 cm³/mol. The Morgan fingerprint density at radius 1 is 1.00 bits per heavy atom. The Labute approximate surface area is 155 Å². The lowest BCUT2D eigenvalue weighted by Crippen LogP contribution is -2.68. The van der Waals surface area contributed by atoms with Crippen LogP contribution in [-0.4, -0.2) is 7.11 Å². The van der Waals surface area contributed by atoms with Gasteiger partial charge >= 0.3 is 0 Å². The smallest absolute Gasteiger partial charge is 0.279 e. The van der Waals surface area contributed by atoms with E-state index in [0.717, 1.165) is 5.75 Å². The molecule has 5 nitrogen and oxygen atoms in total. The number of hydrogen-bond donors (Lipinski definition) is 0. The first-order chi connectivity index (χ1) is 11.7. The van der Waals surface area contributed by atoms with E-state index < -0.39 is 10.2 Å². The molecule has 0 saturated heterocycles. The van der Waals surface area contributed by atoms with Crippen molar-refractivity contribution in [3.05, 3.63) is 57.8 Å². The molecule has 132 valence electrons. The number of hydrogen-bond acceptors (Lipinski definition) is 6. The van der Waals surface area contributed by atoms with Crippen LogP contribution in [0.1, 0.15) is 15.3 Å². The van der Waals surface area contributed by atoms with Crippen LogP contribution < -0.4 is 23.4 Å². The molecule has 3 rings (SSSR count). The molecule has 0 aliphatic rings. The number of methoxy groups -OCH3 is 1. The fourth-order valence-electron chi connectivity index (χ4n) is 1.96. The number of ether oxygens (including phenoxy) is 1. The molecule has 0 fully saturated rings. The van der Waals surface area contributed by atoms with Crippen molar-refractivity contribution in [3.8, 4) is 5.75 Å². The van der Waals surface area contributed by atoms with Gasteiger partial charge in [0.05, 0.1) is 29.8 Å². The first-order valence-electron chi connectivity index (χ1n) is 7.02. The highest BCUT2D eigenvalue weighted by Crippen LogP contribution is 2.33. The second-order valence-corrected chi connectivity index (χ2v) is 8.14. The zero-order valence-electron chi connectivity index (χ0n) is 13.4. The van der Waals surface area contributed by atoms with Crippen LogP contribution in [0.4, 0.5) is 0 Å². The maximum absolute atomic E-state index is 8.49. The Bertz CT molecular complexity index is 848. The van der Waals surface area contributed by atoms with Crippen molar-refractivity contribution in [2.75, 3.05) is 7.11 Å². The van der Waals surface area contributed by atoms with Crippen molar-refractivity contribution in [1.29, 1.82) is 0 Å². The monoisotopic (exact) mass is 398 g/mol. The van der Waals surface area contributed by atoms with Crippen LogP contribution in [-0.2, 0) is 0 Å². The fourth-order valence-corrected chi connectivity index (χ4v) is 4.33. The van der Waals surface area contributed by atoms with Gasteiger partial charge in [0.1, 0.15) is 5.75 Å². The third kappa shape index (κ3) is 7.05. The summed E-state index contributed by atoms with van der Waals surface area (Å²) in [5.41, 5.74) is 2.50. The first-order valence-corrected chi connectivity index (χ1v) is 9.88. The highest BCUT2D eigenvalue weighted by atomic mass is 35.7. The van der Waals surface area contributed by atoms with Crippen LogP contribution in [0.3, 0.4) is 0 Å². The predicted octanol–water partition coefficient (Wildman–Crippen LogP) is 0.975. The van der Waals surface area contributed by atoms with Crippen LogP contribution in [0.2, 0.25) is 0 Å². The molecule has 0 radical (unpaired) electrons. The first kappa shape index (κ1) is 19.7. The van der Waals surface area contributed by atoms with Crippen molar-refractivity contribution < 1.29 is 33.6 Å². The lowest BCUT2D eigenvalue weighted by Gasteiger charge is -2.17. The minimum Gasteiger partial charge on any atom is -0.497 e. The van der Waals surface area contributed by atoms with Crippen molar-refractivity contribution >= 4 is 44.2 Å². The van der Waals surface area contributed by atoms with Gasteiger partial charge in [-0.25, -0.2) is 18.6 Å². The van der Waals surface area contributed by atoms with Crippen molar-refractivity contribution in [2.24, 2.45) is 0 Å². The summed E-state index contributed by atoms with van der Waals surface area (Å²) in [4.78, 5) is 0. The zero-order valence-corrected chi connectivity index (χ0v) is 15.8. The molecule has 0 unspecified atom stereocenters. The highest BCUT2D eigenvalue weighted by Gasteiger charge is 2.12. The van der Waals surface area contributed by atoms with E-state index in [4.69, 9.17) is 23.4 Å². The van der Waals surface area contributed by atoms with Gasteiger partial charge in [-0.2, -0.15) is 0 Å². The molecule has 0 aliphatic heterocycles. The Kier molecular flexibility index (Phi) is 6.86. The standard InChI is InChI=1S/C17H15OS2.ClHO4/c1-12-3-9-15-16(11-12)20-17(19-15)10-6-13-4-7-14(18-2)8-5-13;2-1(3,4)5/h3-11H,1-2H3;(H,2,3,4,5)/q+1;/p-1/b10-6+;. The molecule has 25 heavy (non-hydrogen) atoms. The molecule has 0 bridgehead atoms. The largest absolute Gasteiger partial charge is 0.497 e. The van der Waals surface area contributed by atoms with Crippen LogP contribution in [0.5, 0.6) is 5.75 Å². The van der Waals surface area contributed by atoms with E-state index in [1.165, 1.54) is 24.7 Å². The molecule has 0 atom stereocenters. The summed E-state index contributed by atoms with van der Waals surface area (Å²) in [5, 5.41) is 0. The van der Waals surface area contributed by atoms with E-state index in [1.807, 2.05) is 34.8 Å². The van der Waals surface area contributed by atoms with Gasteiger partial charge < -0.3 is 4.74 Å². The fraction of sp³-hybridized carbons (Fsp3) is 0.118. The second-order valence-electron chi connectivity index (χ2n) is 4.96. The molecule has 2 aromatic carbocycles. The van der Waals surface area contributed by atoms with Gasteiger partial charge in [-0.05, 0) is 48.4 Å². The van der Waals surface area contributed by atoms with Crippen molar-refractivity contribution in [1.82, 2.24) is 0 Å². The van der Waals surface area contributed by atoms with E-state index in [1.54, 1.807) is 7.11 Å². The summed E-state index contributed by atoms with van der Waals surface area (Å²) in [6.07, 6.45) is 4.33. The molecular weight excluding hydrogens is 384 g/mol. The molecule has 8 heteroatoms. The van der Waals surface area contributed by atoms with Gasteiger partial charge in [0.15, 0.2) is 9.40 Å². The van der Waals surface area contributed by atoms with Crippen LogP contribution in [0.15, 0.2) is 42.5 Å². The minimum atomic E-state index is -4.94. The van der Waals surface area contributed by atoms with Gasteiger partial charge in [-0.15, -0.1) is 10.2 Å². The lowest BCUT2D eigenvalue weighted by atomic mass is 10.2. The molecule has 0 N–H and O–H groups in total. The summed E-state index contributed by atoms with van der Waals surface area (Å²) in [5.74, 6) is 0.891. The van der Waals surface area contributed by atoms with E-state index in [9.17, 15) is 0 Å². The Morgan fingerprint density at radius 3 is 2.24 bits per heavy atom. The Hall–Kier alpha value is -1.58. The molecular formula is C17H15ClO5S2. The number of fused-ring (bicyclic) bond motifs is 1. The SMILES string of the molecule is COc1ccc(/C=C/c2sc3cc(C)ccc3[s+]2)cc1.[O-][Cl+3]([O-])([O-])[O-]. The minimum absolute atomic E-state index is 0.891. The van der Waals surface area contributed by atoms with Gasteiger partial charge in [0.2, 0.25) is 0 Å². The number of rotatable bonds is 3. The molecule has 0 aliphatic carbocycles. The lowest BCUT2D eigenvalue weighted by molar-refractivity contribution is -2.00. The molecule has 1 heterocycles. The summed E-state index contributed by atoms with van der Waals surface area (Å²) >= 11 is 3.69. The van der Waals surface area contributed by atoms with Crippen molar-refractivity contribution in [3.63, 3.8) is 0 Å². The Morgan fingerprint density at radius 2 is 1.64 bits per heavy atom. The normalized spacial score (nSPS) is 11.4. The van der Waals surface area contributed by atoms with Gasteiger partial charge in [-0.3, -0.25) is 0 Å². The van der Waals surface area contributed by atoms with Crippen LogP contribution in [0.25, 0.3) is 21.6 Å². The Balaban J connectivity index is 0.000000399. The number of halogens is 1. The van der Waals surface area contributed by atoms with E-state index in [-0.39, 0.29) is 0 Å². The third-order valence-corrected chi connectivity index (χ3v) is 5.49. The van der Waals surface area contributed by atoms with Gasteiger partial charge in [0.25, 0.3) is 4.19 Å². The summed E-state index contributed by atoms with van der Waals surface area (Å²) in [6, 6.07) is 14.7. The summed E-state index contributed by atoms with van der Waals surface area (Å²) < 4.78 is 43.2. The molecule has 0 saturated carbocycles. The second kappa shape index (κ2) is 8.68. The zero-order chi connectivity index (χ0) is 18.4.